The van der Waals surface area contributed by atoms with E-state index in [1.165, 1.54) is 28.3 Å². The molecule has 0 bridgehead atoms. The maximum absolute atomic E-state index is 14.1. The molecule has 6 nitrogen and oxygen atoms in total. The van der Waals surface area contributed by atoms with Gasteiger partial charge < -0.3 is 10.1 Å². The summed E-state index contributed by atoms with van der Waals surface area (Å²) in [7, 11) is 0. The van der Waals surface area contributed by atoms with Crippen molar-refractivity contribution in [3.8, 4) is 11.1 Å². The summed E-state index contributed by atoms with van der Waals surface area (Å²) < 4.78 is 41.7. The summed E-state index contributed by atoms with van der Waals surface area (Å²) in [5, 5.41) is 11.7. The number of nitrogens with zero attached hydrogens (tertiary/aromatic N) is 3. The Hall–Kier alpha value is -4.66. The molecule has 1 aromatic heterocycles. The van der Waals surface area contributed by atoms with Crippen LogP contribution in [0.2, 0.25) is 0 Å². The molecule has 2 heterocycles. The first-order valence-electron chi connectivity index (χ1n) is 11.9. The predicted octanol–water partition coefficient (Wildman–Crippen LogP) is 5.82. The van der Waals surface area contributed by atoms with Gasteiger partial charge in [-0.25, -0.2) is 0 Å². The molecular formula is C29H22F3N3O3. The maximum Gasteiger partial charge on any atom is 0.416 e. The lowest BCUT2D eigenvalue weighted by atomic mass is 9.94. The van der Waals surface area contributed by atoms with Gasteiger partial charge in [-0.3, -0.25) is 14.5 Å². The zero-order valence-corrected chi connectivity index (χ0v) is 20.2. The highest BCUT2D eigenvalue weighted by Crippen LogP contribution is 2.44. The second kappa shape index (κ2) is 9.66. The summed E-state index contributed by atoms with van der Waals surface area (Å²) in [5.74, 6) is -2.50. The Labute approximate surface area is 216 Å². The Kier molecular flexibility index (Phi) is 6.36. The molecule has 0 radical (unpaired) electrons. The van der Waals surface area contributed by atoms with Gasteiger partial charge in [0, 0.05) is 23.9 Å². The number of hydrogen-bond acceptors (Lipinski definition) is 3. The number of para-hydroxylation sites is 1. The van der Waals surface area contributed by atoms with Gasteiger partial charge in [-0.15, -0.1) is 0 Å². The lowest BCUT2D eigenvalue weighted by molar-refractivity contribution is -0.604. The molecule has 38 heavy (non-hydrogen) atoms. The van der Waals surface area contributed by atoms with Gasteiger partial charge in [-0.1, -0.05) is 42.5 Å². The number of alkyl halides is 3. The van der Waals surface area contributed by atoms with E-state index in [0.29, 0.717) is 27.1 Å². The summed E-state index contributed by atoms with van der Waals surface area (Å²) >= 11 is 0. The van der Waals surface area contributed by atoms with Gasteiger partial charge in [0.15, 0.2) is 12.4 Å². The van der Waals surface area contributed by atoms with Crippen molar-refractivity contribution < 1.29 is 27.5 Å². The molecule has 0 saturated heterocycles. The molecular weight excluding hydrogens is 495 g/mol. The van der Waals surface area contributed by atoms with Crippen LogP contribution in [-0.4, -0.2) is 18.4 Å². The number of pyridine rings is 1. The molecule has 1 unspecified atom stereocenters. The first-order chi connectivity index (χ1) is 18.2. The van der Waals surface area contributed by atoms with Gasteiger partial charge >= 0.3 is 6.18 Å². The van der Waals surface area contributed by atoms with Crippen LogP contribution in [0, 0.1) is 5.21 Å². The monoisotopic (exact) mass is 517 g/mol. The van der Waals surface area contributed by atoms with Gasteiger partial charge in [0.05, 0.1) is 16.9 Å². The van der Waals surface area contributed by atoms with E-state index in [2.05, 4.69) is 0 Å². The fraction of sp³-hybridized carbons (Fsp3) is 0.138. The lowest BCUT2D eigenvalue weighted by Crippen LogP contribution is -2.39. The second-order valence-corrected chi connectivity index (χ2v) is 8.80. The van der Waals surface area contributed by atoms with Crippen LogP contribution in [0.15, 0.2) is 97.3 Å². The second-order valence-electron chi connectivity index (χ2n) is 8.80. The van der Waals surface area contributed by atoms with Gasteiger partial charge in [0.1, 0.15) is 5.92 Å². The Morgan fingerprint density at radius 1 is 0.842 bits per heavy atom. The Balaban J connectivity index is 1.66. The van der Waals surface area contributed by atoms with Crippen molar-refractivity contribution in [3.05, 3.63) is 114 Å². The third kappa shape index (κ3) is 4.47. The summed E-state index contributed by atoms with van der Waals surface area (Å²) in [5.41, 5.74) is 1.36. The fourth-order valence-corrected chi connectivity index (χ4v) is 4.68. The average molecular weight is 518 g/mol. The molecule has 0 N–H and O–H groups in total. The number of halogens is 3. The molecule has 5 rings (SSSR count). The highest BCUT2D eigenvalue weighted by atomic mass is 19.4. The molecule has 0 saturated carbocycles. The largest absolute Gasteiger partial charge is 0.619 e. The normalized spacial score (nSPS) is 15.8. The molecule has 192 valence electrons. The highest BCUT2D eigenvalue weighted by Gasteiger charge is 2.42. The predicted molar refractivity (Wildman–Crippen MR) is 137 cm³/mol. The van der Waals surface area contributed by atoms with Crippen LogP contribution in [0.25, 0.3) is 11.1 Å². The van der Waals surface area contributed by atoms with Gasteiger partial charge in [-0.05, 0) is 54.4 Å². The number of likely N-dealkylation sites (N-methyl/N-ethyl adjacent to an activating group) is 1. The SMILES string of the molecule is CCN1C(=O)C(c2ccc(-c3ccc[n+]([O-])c3)cc2)C(=O)N(c2ccccc2)c2cc(C(F)(F)F)ccc21. The van der Waals surface area contributed by atoms with Crippen LogP contribution >= 0.6 is 0 Å². The Morgan fingerprint density at radius 2 is 1.55 bits per heavy atom. The van der Waals surface area contributed by atoms with Crippen LogP contribution in [-0.2, 0) is 15.8 Å². The van der Waals surface area contributed by atoms with Crippen LogP contribution in [0.4, 0.5) is 30.2 Å². The number of carbonyl (C=O) groups is 2. The third-order valence-electron chi connectivity index (χ3n) is 6.50. The number of hydrogen-bond donors (Lipinski definition) is 0. The molecule has 0 spiro atoms. The van der Waals surface area contributed by atoms with Crippen molar-refractivity contribution in [1.82, 2.24) is 0 Å². The minimum Gasteiger partial charge on any atom is -0.619 e. The van der Waals surface area contributed by atoms with Crippen LogP contribution in [0.5, 0.6) is 0 Å². The lowest BCUT2D eigenvalue weighted by Gasteiger charge is -2.26. The summed E-state index contributed by atoms with van der Waals surface area (Å²) in [4.78, 5) is 30.4. The quantitative estimate of drug-likeness (QED) is 0.195. The Bertz CT molecular complexity index is 1510. The van der Waals surface area contributed by atoms with E-state index in [9.17, 15) is 28.0 Å². The number of carbonyl (C=O) groups excluding carboxylic acids is 2. The number of rotatable bonds is 4. The standard InChI is InChI=1S/C29H22F3N3O3/c1-2-34-24-15-14-22(29(30,31)32)17-25(24)35(23-8-4-3-5-9-23)28(37)26(27(34)36)20-12-10-19(11-13-20)21-7-6-16-33(38)18-21/h3-18,26H,2H2,1H3. The van der Waals surface area contributed by atoms with E-state index in [4.69, 9.17) is 0 Å². The zero-order valence-electron chi connectivity index (χ0n) is 20.2. The molecule has 1 aliphatic heterocycles. The first kappa shape index (κ1) is 25.0. The van der Waals surface area contributed by atoms with Crippen molar-refractivity contribution in [2.45, 2.75) is 19.0 Å². The highest BCUT2D eigenvalue weighted by molar-refractivity contribution is 6.23. The van der Waals surface area contributed by atoms with Crippen LogP contribution in [0.1, 0.15) is 24.0 Å². The number of aromatic nitrogens is 1. The van der Waals surface area contributed by atoms with E-state index in [0.717, 1.165) is 12.1 Å². The van der Waals surface area contributed by atoms with E-state index < -0.39 is 29.5 Å². The van der Waals surface area contributed by atoms with Crippen LogP contribution < -0.4 is 14.5 Å². The molecule has 0 aliphatic carbocycles. The topological polar surface area (TPSA) is 67.6 Å². The van der Waals surface area contributed by atoms with Gasteiger partial charge in [0.25, 0.3) is 0 Å². The smallest absolute Gasteiger partial charge is 0.416 e. The molecule has 1 aliphatic rings. The van der Waals surface area contributed by atoms with Crippen molar-refractivity contribution in [2.75, 3.05) is 16.3 Å². The van der Waals surface area contributed by atoms with E-state index in [1.807, 2.05) is 0 Å². The first-order valence-corrected chi connectivity index (χ1v) is 11.9. The Morgan fingerprint density at radius 3 is 2.18 bits per heavy atom. The van der Waals surface area contributed by atoms with Crippen molar-refractivity contribution >= 4 is 28.9 Å². The number of amides is 2. The van der Waals surface area contributed by atoms with E-state index >= 15 is 0 Å². The van der Waals surface area contributed by atoms with Crippen LogP contribution in [0.3, 0.4) is 0 Å². The molecule has 1 atom stereocenters. The van der Waals surface area contributed by atoms with Crippen molar-refractivity contribution in [1.29, 1.82) is 0 Å². The number of benzene rings is 3. The summed E-state index contributed by atoms with van der Waals surface area (Å²) in [6.07, 6.45) is -1.87. The maximum atomic E-state index is 14.1. The van der Waals surface area contributed by atoms with E-state index in [1.54, 1.807) is 73.7 Å². The van der Waals surface area contributed by atoms with Crippen molar-refractivity contribution in [2.24, 2.45) is 0 Å². The van der Waals surface area contributed by atoms with E-state index in [-0.39, 0.29) is 17.9 Å². The minimum atomic E-state index is -4.64. The minimum absolute atomic E-state index is 0.0189. The third-order valence-corrected chi connectivity index (χ3v) is 6.50. The van der Waals surface area contributed by atoms with Gasteiger partial charge in [0.2, 0.25) is 11.8 Å². The molecule has 2 amide bonds. The fourth-order valence-electron chi connectivity index (χ4n) is 4.68. The van der Waals surface area contributed by atoms with Crippen molar-refractivity contribution in [3.63, 3.8) is 0 Å². The zero-order chi connectivity index (χ0) is 27.0. The molecule has 0 fully saturated rings. The molecule has 9 heteroatoms. The molecule has 4 aromatic rings. The number of anilines is 3. The molecule has 3 aromatic carbocycles. The van der Waals surface area contributed by atoms with Gasteiger partial charge in [-0.2, -0.15) is 17.9 Å². The summed E-state index contributed by atoms with van der Waals surface area (Å²) in [6.45, 7) is 1.85. The number of fused-ring (bicyclic) bond motifs is 1. The summed E-state index contributed by atoms with van der Waals surface area (Å²) in [6, 6.07) is 21.4. The average Bonchev–Trinajstić information content (AvgIpc) is 2.99.